The first-order valence-corrected chi connectivity index (χ1v) is 6.88. The summed E-state index contributed by atoms with van der Waals surface area (Å²) in [5.74, 6) is 0. The maximum absolute atomic E-state index is 4.53. The molecule has 0 N–H and O–H groups in total. The number of benzene rings is 1. The van der Waals surface area contributed by atoms with Gasteiger partial charge >= 0.3 is 0 Å². The number of rotatable bonds is 1. The molecule has 0 aliphatic carbocycles. The van der Waals surface area contributed by atoms with Crippen molar-refractivity contribution in [3.63, 3.8) is 0 Å². The summed E-state index contributed by atoms with van der Waals surface area (Å²) in [5.41, 5.74) is 5.07. The first-order chi connectivity index (χ1) is 10.3. The molecule has 0 spiro atoms. The van der Waals surface area contributed by atoms with Crippen LogP contribution in [0.25, 0.3) is 33.1 Å². The fourth-order valence-electron chi connectivity index (χ4n) is 2.60. The maximum Gasteiger partial charge on any atom is 0.0971 e. The standard InChI is InChI=1S/C18H13N3/c1-12-4-7-16(21-11-12)14-8-10-20-18-15(14)6-5-13-3-2-9-19-17(13)18/h2-11H,1H3. The van der Waals surface area contributed by atoms with Gasteiger partial charge in [0, 0.05) is 34.9 Å². The Labute approximate surface area is 122 Å². The summed E-state index contributed by atoms with van der Waals surface area (Å²) < 4.78 is 0. The van der Waals surface area contributed by atoms with Crippen LogP contribution in [0.2, 0.25) is 0 Å². The molecule has 1 aromatic carbocycles. The highest BCUT2D eigenvalue weighted by Crippen LogP contribution is 2.29. The van der Waals surface area contributed by atoms with Gasteiger partial charge in [-0.3, -0.25) is 15.0 Å². The van der Waals surface area contributed by atoms with Crippen LogP contribution in [0.4, 0.5) is 0 Å². The number of aromatic nitrogens is 3. The predicted octanol–water partition coefficient (Wildman–Crippen LogP) is 4.15. The predicted molar refractivity (Wildman–Crippen MR) is 85.0 cm³/mol. The van der Waals surface area contributed by atoms with Crippen molar-refractivity contribution in [1.29, 1.82) is 0 Å². The number of nitrogens with zero attached hydrogens (tertiary/aromatic N) is 3. The summed E-state index contributed by atoms with van der Waals surface area (Å²) in [6.45, 7) is 2.04. The fraction of sp³-hybridized carbons (Fsp3) is 0.0556. The Morgan fingerprint density at radius 3 is 2.52 bits per heavy atom. The summed E-state index contributed by atoms with van der Waals surface area (Å²) >= 11 is 0. The molecule has 0 aliphatic rings. The molecule has 3 nitrogen and oxygen atoms in total. The molecule has 0 atom stereocenters. The van der Waals surface area contributed by atoms with E-state index in [1.54, 1.807) is 6.20 Å². The van der Waals surface area contributed by atoms with Crippen LogP contribution < -0.4 is 0 Å². The van der Waals surface area contributed by atoms with Crippen LogP contribution in [0.1, 0.15) is 5.56 Å². The normalized spacial score (nSPS) is 11.1. The van der Waals surface area contributed by atoms with E-state index in [9.17, 15) is 0 Å². The van der Waals surface area contributed by atoms with Gasteiger partial charge in [0.15, 0.2) is 0 Å². The lowest BCUT2D eigenvalue weighted by atomic mass is 10.0. The Kier molecular flexibility index (Phi) is 2.64. The first-order valence-electron chi connectivity index (χ1n) is 6.88. The highest BCUT2D eigenvalue weighted by atomic mass is 14.7. The molecule has 4 aromatic rings. The maximum atomic E-state index is 4.53. The molecule has 0 saturated heterocycles. The first kappa shape index (κ1) is 12.0. The number of fused-ring (bicyclic) bond motifs is 3. The lowest BCUT2D eigenvalue weighted by Gasteiger charge is -2.07. The van der Waals surface area contributed by atoms with Crippen LogP contribution in [0.5, 0.6) is 0 Å². The van der Waals surface area contributed by atoms with Gasteiger partial charge in [-0.2, -0.15) is 0 Å². The molecule has 0 bridgehead atoms. The highest BCUT2D eigenvalue weighted by molar-refractivity contribution is 6.07. The fourth-order valence-corrected chi connectivity index (χ4v) is 2.60. The molecule has 0 amide bonds. The summed E-state index contributed by atoms with van der Waals surface area (Å²) in [6, 6.07) is 14.3. The van der Waals surface area contributed by atoms with Gasteiger partial charge in [-0.15, -0.1) is 0 Å². The lowest BCUT2D eigenvalue weighted by Crippen LogP contribution is -1.90. The zero-order valence-electron chi connectivity index (χ0n) is 11.6. The van der Waals surface area contributed by atoms with Crippen LogP contribution in [0, 0.1) is 6.92 Å². The minimum atomic E-state index is 0.924. The van der Waals surface area contributed by atoms with E-state index in [0.717, 1.165) is 38.6 Å². The van der Waals surface area contributed by atoms with Gasteiger partial charge in [0.2, 0.25) is 0 Å². The molecule has 3 heterocycles. The summed E-state index contributed by atoms with van der Waals surface area (Å²) in [5, 5.41) is 2.19. The molecule has 4 rings (SSSR count). The number of pyridine rings is 3. The Morgan fingerprint density at radius 2 is 1.67 bits per heavy atom. The molecule has 0 radical (unpaired) electrons. The molecule has 0 unspecified atom stereocenters. The van der Waals surface area contributed by atoms with Crippen molar-refractivity contribution in [2.24, 2.45) is 0 Å². The minimum Gasteiger partial charge on any atom is -0.256 e. The monoisotopic (exact) mass is 271 g/mol. The summed E-state index contributed by atoms with van der Waals surface area (Å²) in [4.78, 5) is 13.5. The van der Waals surface area contributed by atoms with E-state index in [-0.39, 0.29) is 0 Å². The lowest BCUT2D eigenvalue weighted by molar-refractivity contribution is 1.27. The van der Waals surface area contributed by atoms with Crippen molar-refractivity contribution in [3.8, 4) is 11.3 Å². The Bertz CT molecular complexity index is 943. The van der Waals surface area contributed by atoms with Crippen LogP contribution in [-0.2, 0) is 0 Å². The molecule has 100 valence electrons. The van der Waals surface area contributed by atoms with E-state index >= 15 is 0 Å². The Morgan fingerprint density at radius 1 is 0.762 bits per heavy atom. The van der Waals surface area contributed by atoms with E-state index < -0.39 is 0 Å². The van der Waals surface area contributed by atoms with Crippen molar-refractivity contribution >= 4 is 21.8 Å². The third kappa shape index (κ3) is 1.94. The molecular formula is C18H13N3. The smallest absolute Gasteiger partial charge is 0.0971 e. The van der Waals surface area contributed by atoms with Crippen LogP contribution >= 0.6 is 0 Å². The van der Waals surface area contributed by atoms with Crippen molar-refractivity contribution in [2.75, 3.05) is 0 Å². The molecule has 3 heteroatoms. The largest absolute Gasteiger partial charge is 0.256 e. The average molecular weight is 271 g/mol. The van der Waals surface area contributed by atoms with Gasteiger partial charge in [-0.1, -0.05) is 24.3 Å². The summed E-state index contributed by atoms with van der Waals surface area (Å²) in [6.07, 6.45) is 5.52. The Balaban J connectivity index is 2.06. The Hall–Kier alpha value is -2.81. The molecule has 21 heavy (non-hydrogen) atoms. The quantitative estimate of drug-likeness (QED) is 0.488. The highest BCUT2D eigenvalue weighted by Gasteiger charge is 2.08. The van der Waals surface area contributed by atoms with Crippen molar-refractivity contribution < 1.29 is 0 Å². The molecular weight excluding hydrogens is 258 g/mol. The summed E-state index contributed by atoms with van der Waals surface area (Å²) in [7, 11) is 0. The van der Waals surface area contributed by atoms with E-state index in [1.807, 2.05) is 37.5 Å². The third-order valence-corrected chi connectivity index (χ3v) is 3.67. The topological polar surface area (TPSA) is 38.7 Å². The van der Waals surface area contributed by atoms with Crippen molar-refractivity contribution in [2.45, 2.75) is 6.92 Å². The SMILES string of the molecule is Cc1ccc(-c2ccnc3c2ccc2cccnc23)nc1. The van der Waals surface area contributed by atoms with Crippen molar-refractivity contribution in [1.82, 2.24) is 15.0 Å². The second-order valence-corrected chi connectivity index (χ2v) is 5.12. The molecule has 0 aliphatic heterocycles. The van der Waals surface area contributed by atoms with Crippen LogP contribution in [0.3, 0.4) is 0 Å². The van der Waals surface area contributed by atoms with Gasteiger partial charge in [0.05, 0.1) is 16.7 Å². The van der Waals surface area contributed by atoms with Gasteiger partial charge in [0.1, 0.15) is 0 Å². The number of aryl methyl sites for hydroxylation is 1. The van der Waals surface area contributed by atoms with Gasteiger partial charge in [0.25, 0.3) is 0 Å². The molecule has 3 aromatic heterocycles. The van der Waals surface area contributed by atoms with E-state index in [1.165, 1.54) is 0 Å². The third-order valence-electron chi connectivity index (χ3n) is 3.67. The van der Waals surface area contributed by atoms with Gasteiger partial charge in [-0.05, 0) is 30.7 Å². The second-order valence-electron chi connectivity index (χ2n) is 5.12. The van der Waals surface area contributed by atoms with E-state index in [2.05, 4.69) is 39.2 Å². The van der Waals surface area contributed by atoms with E-state index in [4.69, 9.17) is 0 Å². The van der Waals surface area contributed by atoms with Crippen LogP contribution in [-0.4, -0.2) is 15.0 Å². The average Bonchev–Trinajstić information content (AvgIpc) is 2.55. The van der Waals surface area contributed by atoms with Crippen molar-refractivity contribution in [3.05, 3.63) is 66.6 Å². The zero-order chi connectivity index (χ0) is 14.2. The minimum absolute atomic E-state index is 0.924. The van der Waals surface area contributed by atoms with Gasteiger partial charge in [-0.25, -0.2) is 0 Å². The van der Waals surface area contributed by atoms with Crippen LogP contribution in [0.15, 0.2) is 61.1 Å². The zero-order valence-corrected chi connectivity index (χ0v) is 11.6. The number of hydrogen-bond acceptors (Lipinski definition) is 3. The van der Waals surface area contributed by atoms with E-state index in [0.29, 0.717) is 0 Å². The number of hydrogen-bond donors (Lipinski definition) is 0. The second kappa shape index (κ2) is 4.63. The molecule has 0 fully saturated rings. The van der Waals surface area contributed by atoms with Gasteiger partial charge < -0.3 is 0 Å². The molecule has 0 saturated carbocycles.